The van der Waals surface area contributed by atoms with Crippen molar-refractivity contribution in [2.24, 2.45) is 11.8 Å². The molecule has 0 aromatic carbocycles. The molecule has 0 heteroatoms. The lowest BCUT2D eigenvalue weighted by Gasteiger charge is -2.20. The second-order valence-electron chi connectivity index (χ2n) is 3.39. The second kappa shape index (κ2) is 7.15. The summed E-state index contributed by atoms with van der Waals surface area (Å²) >= 11 is 0. The summed E-state index contributed by atoms with van der Waals surface area (Å²) in [6.07, 6.45) is 4.16. The Morgan fingerprint density at radius 1 is 1.42 bits per heavy atom. The van der Waals surface area contributed by atoms with Crippen LogP contribution >= 0.6 is 0 Å². The van der Waals surface area contributed by atoms with Gasteiger partial charge in [-0.05, 0) is 24.7 Å². The zero-order chi connectivity index (χ0) is 8.85. The molecule has 0 aromatic heterocycles. The first-order valence-electron chi connectivity index (χ1n) is 4.42. The standard InChI is InChI=1S/C11H20.CH4/c1-6-8-11(9(3)4)10(5)7-2;/h6,9,11H,1,5,7-8H2,2-4H3;1H4/t11-;/m1./s1. The number of hydrogen-bond acceptors (Lipinski definition) is 0. The summed E-state index contributed by atoms with van der Waals surface area (Å²) in [5.41, 5.74) is 1.36. The van der Waals surface area contributed by atoms with E-state index in [0.717, 1.165) is 12.8 Å². The van der Waals surface area contributed by atoms with E-state index >= 15 is 0 Å². The quantitative estimate of drug-likeness (QED) is 0.532. The minimum absolute atomic E-state index is 0. The number of rotatable bonds is 5. The molecular formula is C12H24. The third-order valence-corrected chi connectivity index (χ3v) is 2.20. The lowest BCUT2D eigenvalue weighted by atomic mass is 9.85. The van der Waals surface area contributed by atoms with Gasteiger partial charge in [-0.2, -0.15) is 0 Å². The average molecular weight is 168 g/mol. The van der Waals surface area contributed by atoms with E-state index < -0.39 is 0 Å². The molecule has 0 nitrogen and oxygen atoms in total. The van der Waals surface area contributed by atoms with Gasteiger partial charge in [0, 0.05) is 0 Å². The van der Waals surface area contributed by atoms with Crippen molar-refractivity contribution in [1.29, 1.82) is 0 Å². The fraction of sp³-hybridized carbons (Fsp3) is 0.667. The predicted octanol–water partition coefficient (Wildman–Crippen LogP) is 4.44. The molecule has 0 aliphatic carbocycles. The van der Waals surface area contributed by atoms with E-state index in [0.29, 0.717) is 11.8 Å². The van der Waals surface area contributed by atoms with Crippen LogP contribution in [-0.4, -0.2) is 0 Å². The van der Waals surface area contributed by atoms with Crippen molar-refractivity contribution in [3.05, 3.63) is 24.8 Å². The predicted molar refractivity (Wildman–Crippen MR) is 59.3 cm³/mol. The lowest BCUT2D eigenvalue weighted by Crippen LogP contribution is -2.09. The van der Waals surface area contributed by atoms with E-state index in [1.807, 2.05) is 6.08 Å². The number of hydrogen-bond donors (Lipinski definition) is 0. The molecule has 0 bridgehead atoms. The summed E-state index contributed by atoms with van der Waals surface area (Å²) in [4.78, 5) is 0. The van der Waals surface area contributed by atoms with Crippen molar-refractivity contribution < 1.29 is 0 Å². The third-order valence-electron chi connectivity index (χ3n) is 2.20. The highest BCUT2D eigenvalue weighted by Gasteiger charge is 2.13. The van der Waals surface area contributed by atoms with Crippen LogP contribution < -0.4 is 0 Å². The first-order valence-corrected chi connectivity index (χ1v) is 4.42. The smallest absolute Gasteiger partial charge is 0.0148 e. The highest BCUT2D eigenvalue weighted by Crippen LogP contribution is 2.24. The van der Waals surface area contributed by atoms with Gasteiger partial charge in [-0.1, -0.05) is 46.4 Å². The molecule has 0 aromatic rings. The Morgan fingerprint density at radius 3 is 2.17 bits per heavy atom. The molecule has 0 aliphatic rings. The van der Waals surface area contributed by atoms with Gasteiger partial charge < -0.3 is 0 Å². The van der Waals surface area contributed by atoms with E-state index in [9.17, 15) is 0 Å². The summed E-state index contributed by atoms with van der Waals surface area (Å²) in [7, 11) is 0. The maximum atomic E-state index is 4.07. The van der Waals surface area contributed by atoms with Crippen LogP contribution in [0.5, 0.6) is 0 Å². The minimum Gasteiger partial charge on any atom is -0.103 e. The van der Waals surface area contributed by atoms with Crippen LogP contribution in [0.2, 0.25) is 0 Å². The Kier molecular flexibility index (Phi) is 8.36. The van der Waals surface area contributed by atoms with Crippen LogP contribution in [0.15, 0.2) is 24.8 Å². The maximum Gasteiger partial charge on any atom is -0.0148 e. The van der Waals surface area contributed by atoms with E-state index in [4.69, 9.17) is 0 Å². The van der Waals surface area contributed by atoms with Gasteiger partial charge >= 0.3 is 0 Å². The van der Waals surface area contributed by atoms with Gasteiger partial charge in [-0.3, -0.25) is 0 Å². The van der Waals surface area contributed by atoms with Crippen LogP contribution in [0.3, 0.4) is 0 Å². The van der Waals surface area contributed by atoms with Gasteiger partial charge in [0.25, 0.3) is 0 Å². The first-order chi connectivity index (χ1) is 5.13. The van der Waals surface area contributed by atoms with Crippen molar-refractivity contribution in [2.75, 3.05) is 0 Å². The van der Waals surface area contributed by atoms with Crippen LogP contribution in [-0.2, 0) is 0 Å². The van der Waals surface area contributed by atoms with Gasteiger partial charge in [-0.15, -0.1) is 6.58 Å². The zero-order valence-electron chi connectivity index (χ0n) is 8.06. The molecule has 0 N–H and O–H groups in total. The molecule has 0 aliphatic heterocycles. The minimum atomic E-state index is 0. The molecule has 0 heterocycles. The van der Waals surface area contributed by atoms with Crippen molar-refractivity contribution in [1.82, 2.24) is 0 Å². The summed E-state index contributed by atoms with van der Waals surface area (Å²) in [5, 5.41) is 0. The Balaban J connectivity index is 0. The topological polar surface area (TPSA) is 0 Å². The largest absolute Gasteiger partial charge is 0.103 e. The first kappa shape index (κ1) is 14.0. The molecule has 1 atom stereocenters. The Hall–Kier alpha value is -0.520. The van der Waals surface area contributed by atoms with Gasteiger partial charge in [-0.25, -0.2) is 0 Å². The van der Waals surface area contributed by atoms with Crippen molar-refractivity contribution in [2.45, 2.75) is 41.0 Å². The molecule has 0 radical (unpaired) electrons. The van der Waals surface area contributed by atoms with E-state index in [1.165, 1.54) is 5.57 Å². The average Bonchev–Trinajstić information content (AvgIpc) is 1.98. The van der Waals surface area contributed by atoms with Gasteiger partial charge in [0.05, 0.1) is 0 Å². The van der Waals surface area contributed by atoms with Gasteiger partial charge in [0.1, 0.15) is 0 Å². The fourth-order valence-corrected chi connectivity index (χ4v) is 1.35. The van der Waals surface area contributed by atoms with Crippen molar-refractivity contribution in [3.8, 4) is 0 Å². The molecular weight excluding hydrogens is 144 g/mol. The molecule has 72 valence electrons. The molecule has 0 fully saturated rings. The van der Waals surface area contributed by atoms with E-state index in [-0.39, 0.29) is 7.43 Å². The van der Waals surface area contributed by atoms with Crippen LogP contribution in [0.4, 0.5) is 0 Å². The summed E-state index contributed by atoms with van der Waals surface area (Å²) in [5.74, 6) is 1.33. The second-order valence-corrected chi connectivity index (χ2v) is 3.39. The molecule has 0 rings (SSSR count). The summed E-state index contributed by atoms with van der Waals surface area (Å²) < 4.78 is 0. The Morgan fingerprint density at radius 2 is 1.92 bits per heavy atom. The Labute approximate surface area is 78.4 Å². The van der Waals surface area contributed by atoms with Crippen LogP contribution in [0, 0.1) is 11.8 Å². The number of allylic oxidation sites excluding steroid dienone is 2. The molecule has 0 unspecified atom stereocenters. The fourth-order valence-electron chi connectivity index (χ4n) is 1.35. The maximum absolute atomic E-state index is 4.07. The molecule has 12 heavy (non-hydrogen) atoms. The van der Waals surface area contributed by atoms with Crippen molar-refractivity contribution >= 4 is 0 Å². The van der Waals surface area contributed by atoms with E-state index in [2.05, 4.69) is 33.9 Å². The van der Waals surface area contributed by atoms with E-state index in [1.54, 1.807) is 0 Å². The zero-order valence-corrected chi connectivity index (χ0v) is 8.06. The molecule has 0 amide bonds. The van der Waals surface area contributed by atoms with Gasteiger partial charge in [0.2, 0.25) is 0 Å². The van der Waals surface area contributed by atoms with Crippen molar-refractivity contribution in [3.63, 3.8) is 0 Å². The summed E-state index contributed by atoms with van der Waals surface area (Å²) in [6.45, 7) is 14.5. The monoisotopic (exact) mass is 168 g/mol. The lowest BCUT2D eigenvalue weighted by molar-refractivity contribution is 0.440. The molecule has 0 saturated carbocycles. The summed E-state index contributed by atoms with van der Waals surface area (Å²) in [6, 6.07) is 0. The van der Waals surface area contributed by atoms with Gasteiger partial charge in [0.15, 0.2) is 0 Å². The van der Waals surface area contributed by atoms with Crippen LogP contribution in [0.25, 0.3) is 0 Å². The highest BCUT2D eigenvalue weighted by atomic mass is 14.2. The molecule has 0 spiro atoms. The highest BCUT2D eigenvalue weighted by molar-refractivity contribution is 5.02. The normalized spacial score (nSPS) is 12.0. The molecule has 0 saturated heterocycles. The Bertz CT molecular complexity index is 131. The SMILES string of the molecule is C.C=CC[C@@H](C(=C)CC)C(C)C. The third kappa shape index (κ3) is 4.38. The van der Waals surface area contributed by atoms with Crippen LogP contribution in [0.1, 0.15) is 41.0 Å².